The quantitative estimate of drug-likeness (QED) is 0.560. The van der Waals surface area contributed by atoms with Gasteiger partial charge in [0.25, 0.3) is 0 Å². The van der Waals surface area contributed by atoms with Crippen molar-refractivity contribution < 1.29 is 18.7 Å². The van der Waals surface area contributed by atoms with Crippen molar-refractivity contribution in [3.63, 3.8) is 0 Å². The van der Waals surface area contributed by atoms with E-state index < -0.39 is 29.8 Å². The van der Waals surface area contributed by atoms with Crippen LogP contribution < -0.4 is 10.2 Å². The maximum Gasteiger partial charge on any atom is 0.326 e. The Morgan fingerprint density at radius 2 is 1.68 bits per heavy atom. The fourth-order valence-corrected chi connectivity index (χ4v) is 3.34. The third kappa shape index (κ3) is 5.24. The van der Waals surface area contributed by atoms with Crippen LogP contribution in [0.25, 0.3) is 0 Å². The molecule has 0 heterocycles. The molecule has 0 aliphatic heterocycles. The summed E-state index contributed by atoms with van der Waals surface area (Å²) >= 11 is 0. The maximum absolute atomic E-state index is 13.5. The van der Waals surface area contributed by atoms with Crippen molar-refractivity contribution in [3.8, 4) is 6.07 Å². The first kappa shape index (κ1) is 21.9. The van der Waals surface area contributed by atoms with Gasteiger partial charge in [-0.05, 0) is 72.6 Å². The molecule has 2 unspecified atom stereocenters. The molecule has 0 aromatic heterocycles. The maximum atomic E-state index is 13.5. The van der Waals surface area contributed by atoms with Crippen molar-refractivity contribution in [1.29, 1.82) is 5.26 Å². The second-order valence-corrected chi connectivity index (χ2v) is 6.94. The fraction of sp³-hybridized carbons (Fsp3) is 0.167. The first-order valence-corrected chi connectivity index (χ1v) is 9.72. The molecule has 3 aromatic carbocycles. The summed E-state index contributed by atoms with van der Waals surface area (Å²) in [6, 6.07) is 17.9. The van der Waals surface area contributed by atoms with E-state index in [4.69, 9.17) is 5.26 Å². The number of hydrogen-bond donors (Lipinski definition) is 2. The minimum absolute atomic E-state index is 0.367. The monoisotopic (exact) mass is 421 g/mol. The summed E-state index contributed by atoms with van der Waals surface area (Å²) in [4.78, 5) is 14.5. The molecule has 0 spiro atoms. The molecule has 31 heavy (non-hydrogen) atoms. The van der Waals surface area contributed by atoms with Gasteiger partial charge in [0.1, 0.15) is 11.6 Å². The number of amides is 2. The van der Waals surface area contributed by atoms with E-state index in [1.165, 1.54) is 53.4 Å². The van der Waals surface area contributed by atoms with E-state index in [2.05, 4.69) is 5.32 Å². The molecule has 0 fully saturated rings. The molecule has 3 aromatic rings. The molecule has 0 saturated carbocycles. The number of carbonyl (C=O) groups is 1. The van der Waals surface area contributed by atoms with Gasteiger partial charge in [0, 0.05) is 11.4 Å². The number of hydrogen-bond acceptors (Lipinski definition) is 3. The molecule has 158 valence electrons. The Hall–Kier alpha value is -3.76. The predicted octanol–water partition coefficient (Wildman–Crippen LogP) is 5.39. The molecule has 0 bridgehead atoms. The van der Waals surface area contributed by atoms with Crippen molar-refractivity contribution in [1.82, 2.24) is 0 Å². The number of carbonyl (C=O) groups excluding carboxylic acids is 1. The van der Waals surface area contributed by atoms with E-state index in [0.717, 1.165) is 0 Å². The van der Waals surface area contributed by atoms with Crippen molar-refractivity contribution in [2.24, 2.45) is 0 Å². The normalized spacial score (nSPS) is 12.5. The van der Waals surface area contributed by atoms with Crippen LogP contribution in [0.4, 0.5) is 25.0 Å². The van der Waals surface area contributed by atoms with Crippen LogP contribution in [-0.2, 0) is 0 Å². The lowest BCUT2D eigenvalue weighted by molar-refractivity contribution is 0.141. The summed E-state index contributed by atoms with van der Waals surface area (Å²) in [6.45, 7) is 1.81. The number of urea groups is 1. The van der Waals surface area contributed by atoms with E-state index in [1.807, 2.05) is 13.0 Å². The summed E-state index contributed by atoms with van der Waals surface area (Å²) in [5.41, 5.74) is 1.61. The number of rotatable bonds is 6. The van der Waals surface area contributed by atoms with Crippen LogP contribution in [0.1, 0.15) is 30.6 Å². The van der Waals surface area contributed by atoms with E-state index >= 15 is 0 Å². The highest BCUT2D eigenvalue weighted by molar-refractivity contribution is 6.02. The summed E-state index contributed by atoms with van der Waals surface area (Å²) in [6.07, 6.45) is -0.742. The minimum atomic E-state index is -1.11. The van der Waals surface area contributed by atoms with Crippen molar-refractivity contribution >= 4 is 17.4 Å². The predicted molar refractivity (Wildman–Crippen MR) is 114 cm³/mol. The number of aliphatic hydroxyl groups is 1. The Kier molecular flexibility index (Phi) is 6.96. The number of aliphatic hydroxyl groups excluding tert-OH is 1. The van der Waals surface area contributed by atoms with Gasteiger partial charge in [0.15, 0.2) is 0 Å². The van der Waals surface area contributed by atoms with Crippen molar-refractivity contribution in [2.45, 2.75) is 25.5 Å². The van der Waals surface area contributed by atoms with E-state index in [9.17, 15) is 18.7 Å². The van der Waals surface area contributed by atoms with Crippen LogP contribution in [0.5, 0.6) is 0 Å². The molecule has 5 nitrogen and oxygen atoms in total. The van der Waals surface area contributed by atoms with Gasteiger partial charge in [-0.25, -0.2) is 13.6 Å². The second-order valence-electron chi connectivity index (χ2n) is 6.94. The average molecular weight is 421 g/mol. The second kappa shape index (κ2) is 9.83. The number of nitrogens with one attached hydrogen (secondary N) is 1. The Balaban J connectivity index is 1.98. The lowest BCUT2D eigenvalue weighted by Gasteiger charge is -2.34. The van der Waals surface area contributed by atoms with Crippen molar-refractivity contribution in [3.05, 3.63) is 95.6 Å². The van der Waals surface area contributed by atoms with Crippen LogP contribution in [0.15, 0.2) is 72.8 Å². The number of anilines is 2. The van der Waals surface area contributed by atoms with Gasteiger partial charge in [-0.1, -0.05) is 19.1 Å². The van der Waals surface area contributed by atoms with E-state index in [-0.39, 0.29) is 0 Å². The van der Waals surface area contributed by atoms with Gasteiger partial charge in [-0.2, -0.15) is 5.26 Å². The molecule has 2 N–H and O–H groups in total. The van der Waals surface area contributed by atoms with Crippen LogP contribution in [0.2, 0.25) is 0 Å². The standard InChI is InChI=1S/C24H21F2N3O2/c1-2-22(23(30)17-5-3-4-16(14-17)15-27)29(21-12-8-19(26)9-13-21)24(31)28-20-10-6-18(25)7-11-20/h3-14,22-23,30H,2H2,1H3,(H,28,31). The summed E-state index contributed by atoms with van der Waals surface area (Å²) in [7, 11) is 0. The topological polar surface area (TPSA) is 76.4 Å². The average Bonchev–Trinajstić information content (AvgIpc) is 2.79. The van der Waals surface area contributed by atoms with E-state index in [1.54, 1.807) is 24.3 Å². The van der Waals surface area contributed by atoms with Gasteiger partial charge in [-0.15, -0.1) is 0 Å². The van der Waals surface area contributed by atoms with Gasteiger partial charge >= 0.3 is 6.03 Å². The molecule has 7 heteroatoms. The highest BCUT2D eigenvalue weighted by atomic mass is 19.1. The summed E-state index contributed by atoms with van der Waals surface area (Å²) in [5, 5.41) is 22.9. The molecule has 0 aliphatic rings. The van der Waals surface area contributed by atoms with Crippen LogP contribution in [0.3, 0.4) is 0 Å². The number of halogens is 2. The summed E-state index contributed by atoms with van der Waals surface area (Å²) < 4.78 is 26.7. The lowest BCUT2D eigenvalue weighted by atomic mass is 9.97. The van der Waals surface area contributed by atoms with Crippen LogP contribution in [-0.4, -0.2) is 17.2 Å². The Morgan fingerprint density at radius 1 is 1.06 bits per heavy atom. The largest absolute Gasteiger partial charge is 0.386 e. The molecule has 0 saturated heterocycles. The molecule has 2 amide bonds. The highest BCUT2D eigenvalue weighted by Gasteiger charge is 2.31. The molecular formula is C24H21F2N3O2. The SMILES string of the molecule is CCC(C(O)c1cccc(C#N)c1)N(C(=O)Nc1ccc(F)cc1)c1ccc(F)cc1. The third-order valence-electron chi connectivity index (χ3n) is 4.89. The zero-order valence-corrected chi connectivity index (χ0v) is 16.8. The summed E-state index contributed by atoms with van der Waals surface area (Å²) in [5.74, 6) is -0.898. The minimum Gasteiger partial charge on any atom is -0.386 e. The molecule has 0 aliphatic carbocycles. The Morgan fingerprint density at radius 3 is 2.26 bits per heavy atom. The Bertz CT molecular complexity index is 1080. The van der Waals surface area contributed by atoms with Gasteiger partial charge in [0.05, 0.1) is 23.8 Å². The molecule has 3 rings (SSSR count). The smallest absolute Gasteiger partial charge is 0.326 e. The third-order valence-corrected chi connectivity index (χ3v) is 4.89. The zero-order chi connectivity index (χ0) is 22.4. The van der Waals surface area contributed by atoms with Gasteiger partial charge in [0.2, 0.25) is 0 Å². The molecule has 2 atom stereocenters. The van der Waals surface area contributed by atoms with Gasteiger partial charge in [-0.3, -0.25) is 4.90 Å². The molecule has 0 radical (unpaired) electrons. The zero-order valence-electron chi connectivity index (χ0n) is 16.8. The lowest BCUT2D eigenvalue weighted by Crippen LogP contribution is -2.46. The first-order chi connectivity index (χ1) is 14.9. The van der Waals surface area contributed by atoms with E-state index in [0.29, 0.717) is 28.9 Å². The van der Waals surface area contributed by atoms with Crippen LogP contribution in [0, 0.1) is 23.0 Å². The van der Waals surface area contributed by atoms with Crippen molar-refractivity contribution in [2.75, 3.05) is 10.2 Å². The van der Waals surface area contributed by atoms with Crippen LogP contribution >= 0.6 is 0 Å². The number of nitriles is 1. The Labute approximate surface area is 179 Å². The first-order valence-electron chi connectivity index (χ1n) is 9.72. The van der Waals surface area contributed by atoms with Gasteiger partial charge < -0.3 is 10.4 Å². The number of nitrogens with zero attached hydrogens (tertiary/aromatic N) is 2. The fourth-order valence-electron chi connectivity index (χ4n) is 3.34. The number of benzene rings is 3. The molecular weight excluding hydrogens is 400 g/mol. The highest BCUT2D eigenvalue weighted by Crippen LogP contribution is 2.29.